The van der Waals surface area contributed by atoms with Gasteiger partial charge in [0.2, 0.25) is 0 Å². The summed E-state index contributed by atoms with van der Waals surface area (Å²) >= 11 is 0. The first-order valence-electron chi connectivity index (χ1n) is 7.80. The molecule has 0 saturated carbocycles. The summed E-state index contributed by atoms with van der Waals surface area (Å²) in [5.41, 5.74) is 3.28. The second kappa shape index (κ2) is 7.22. The van der Waals surface area contributed by atoms with E-state index in [-0.39, 0.29) is 11.2 Å². The Balaban J connectivity index is 2.14. The van der Waals surface area contributed by atoms with Crippen molar-refractivity contribution >= 4 is 5.78 Å². The highest BCUT2D eigenvalue weighted by Crippen LogP contribution is 2.31. The van der Waals surface area contributed by atoms with Crippen molar-refractivity contribution in [3.05, 3.63) is 83.9 Å². The van der Waals surface area contributed by atoms with Gasteiger partial charge in [-0.2, -0.15) is 0 Å². The van der Waals surface area contributed by atoms with E-state index in [1.165, 1.54) is 5.56 Å². The van der Waals surface area contributed by atoms with E-state index in [4.69, 9.17) is 0 Å². The molecular formula is C21H24O. The Bertz CT molecular complexity index is 642. The number of rotatable bonds is 7. The molecule has 0 fully saturated rings. The van der Waals surface area contributed by atoms with Crippen molar-refractivity contribution < 1.29 is 4.79 Å². The first-order valence-corrected chi connectivity index (χ1v) is 7.80. The van der Waals surface area contributed by atoms with Crippen LogP contribution in [0.4, 0.5) is 0 Å². The van der Waals surface area contributed by atoms with E-state index < -0.39 is 0 Å². The Morgan fingerprint density at radius 1 is 1.09 bits per heavy atom. The maximum atomic E-state index is 11.8. The molecular weight excluding hydrogens is 268 g/mol. The van der Waals surface area contributed by atoms with Gasteiger partial charge in [0, 0.05) is 5.56 Å². The summed E-state index contributed by atoms with van der Waals surface area (Å²) in [4.78, 5) is 11.8. The number of aryl methyl sites for hydroxylation is 1. The number of hydrogen-bond donors (Lipinski definition) is 0. The summed E-state index contributed by atoms with van der Waals surface area (Å²) < 4.78 is 0. The number of benzene rings is 2. The monoisotopic (exact) mass is 292 g/mol. The normalized spacial score (nSPS) is 13.4. The molecule has 0 amide bonds. The third kappa shape index (κ3) is 4.17. The van der Waals surface area contributed by atoms with Crippen molar-refractivity contribution in [1.29, 1.82) is 0 Å². The highest BCUT2D eigenvalue weighted by Gasteiger charge is 2.22. The molecule has 0 aliphatic carbocycles. The molecule has 1 heteroatoms. The average molecular weight is 292 g/mol. The van der Waals surface area contributed by atoms with Crippen LogP contribution in [0.15, 0.2) is 67.3 Å². The van der Waals surface area contributed by atoms with Gasteiger partial charge in [-0.3, -0.25) is 4.79 Å². The number of carbonyl (C=O) groups is 1. The average Bonchev–Trinajstić information content (AvgIpc) is 2.54. The molecule has 0 radical (unpaired) electrons. The zero-order valence-corrected chi connectivity index (χ0v) is 13.5. The minimum absolute atomic E-state index is 0.0125. The molecule has 1 nitrogen and oxygen atoms in total. The highest BCUT2D eigenvalue weighted by atomic mass is 16.1. The van der Waals surface area contributed by atoms with Crippen molar-refractivity contribution in [1.82, 2.24) is 0 Å². The molecule has 2 rings (SSSR count). The van der Waals surface area contributed by atoms with E-state index in [9.17, 15) is 4.79 Å². The number of ketones is 1. The Morgan fingerprint density at radius 3 is 2.36 bits per heavy atom. The second-order valence-electron chi connectivity index (χ2n) is 6.23. The summed E-state index contributed by atoms with van der Waals surface area (Å²) in [7, 11) is 0. The highest BCUT2D eigenvalue weighted by molar-refractivity contribution is 5.95. The topological polar surface area (TPSA) is 17.1 Å². The van der Waals surface area contributed by atoms with E-state index in [0.29, 0.717) is 0 Å². The number of allylic oxidation sites excluding steroid dienone is 1. The van der Waals surface area contributed by atoms with Crippen LogP contribution in [0.2, 0.25) is 0 Å². The minimum Gasteiger partial charge on any atom is -0.295 e. The van der Waals surface area contributed by atoms with Gasteiger partial charge in [-0.05, 0) is 42.7 Å². The largest absolute Gasteiger partial charge is 0.295 e. The van der Waals surface area contributed by atoms with E-state index in [1.54, 1.807) is 6.92 Å². The fraction of sp³-hybridized carbons (Fsp3) is 0.286. The van der Waals surface area contributed by atoms with Gasteiger partial charge in [-0.1, -0.05) is 67.6 Å². The van der Waals surface area contributed by atoms with Crippen LogP contribution in [0.25, 0.3) is 0 Å². The molecule has 0 N–H and O–H groups in total. The van der Waals surface area contributed by atoms with Crippen molar-refractivity contribution in [2.75, 3.05) is 0 Å². The number of Topliss-reactive ketones (excluding diaryl/α,β-unsaturated/α-hetero) is 1. The molecule has 2 aromatic rings. The molecule has 0 aliphatic rings. The second-order valence-corrected chi connectivity index (χ2v) is 6.23. The van der Waals surface area contributed by atoms with Gasteiger partial charge in [0.05, 0.1) is 0 Å². The molecule has 0 spiro atoms. The molecule has 0 bridgehead atoms. The standard InChI is InChI=1S/C21H24O/c1-4-21(3,15-14-18-10-6-5-7-11-18)16-19-12-8-9-13-20(19)17(2)22/h4-13H,1,14-16H2,2-3H3. The van der Waals surface area contributed by atoms with Crippen LogP contribution in [0, 0.1) is 5.41 Å². The summed E-state index contributed by atoms with van der Waals surface area (Å²) in [5.74, 6) is 0.130. The molecule has 114 valence electrons. The molecule has 1 atom stereocenters. The van der Waals surface area contributed by atoms with Crippen LogP contribution < -0.4 is 0 Å². The Hall–Kier alpha value is -2.15. The van der Waals surface area contributed by atoms with E-state index in [1.807, 2.05) is 30.3 Å². The number of carbonyl (C=O) groups excluding carboxylic acids is 1. The van der Waals surface area contributed by atoms with Crippen LogP contribution >= 0.6 is 0 Å². The fourth-order valence-corrected chi connectivity index (χ4v) is 2.79. The Morgan fingerprint density at radius 2 is 1.73 bits per heavy atom. The van der Waals surface area contributed by atoms with Crippen LogP contribution in [-0.4, -0.2) is 5.78 Å². The number of hydrogen-bond acceptors (Lipinski definition) is 1. The van der Waals surface area contributed by atoms with Gasteiger partial charge in [0.15, 0.2) is 5.78 Å². The fourth-order valence-electron chi connectivity index (χ4n) is 2.79. The minimum atomic E-state index is -0.0125. The lowest BCUT2D eigenvalue weighted by Gasteiger charge is -2.27. The van der Waals surface area contributed by atoms with Gasteiger partial charge in [-0.25, -0.2) is 0 Å². The van der Waals surface area contributed by atoms with Crippen molar-refractivity contribution in [3.63, 3.8) is 0 Å². The lowest BCUT2D eigenvalue weighted by Crippen LogP contribution is -2.19. The van der Waals surface area contributed by atoms with Crippen LogP contribution in [-0.2, 0) is 12.8 Å². The predicted octanol–water partition coefficient (Wildman–Crippen LogP) is 5.26. The maximum absolute atomic E-state index is 11.8. The smallest absolute Gasteiger partial charge is 0.160 e. The van der Waals surface area contributed by atoms with E-state index in [2.05, 4.69) is 43.8 Å². The van der Waals surface area contributed by atoms with E-state index >= 15 is 0 Å². The molecule has 0 aromatic heterocycles. The molecule has 0 saturated heterocycles. The zero-order chi connectivity index (χ0) is 16.0. The van der Waals surface area contributed by atoms with Crippen molar-refractivity contribution in [2.24, 2.45) is 5.41 Å². The predicted molar refractivity (Wildman–Crippen MR) is 93.2 cm³/mol. The first kappa shape index (κ1) is 16.2. The summed E-state index contributed by atoms with van der Waals surface area (Å²) in [5, 5.41) is 0. The third-order valence-corrected chi connectivity index (χ3v) is 4.31. The zero-order valence-electron chi connectivity index (χ0n) is 13.5. The molecule has 0 heterocycles. The third-order valence-electron chi connectivity index (χ3n) is 4.31. The van der Waals surface area contributed by atoms with Gasteiger partial charge >= 0.3 is 0 Å². The molecule has 0 aliphatic heterocycles. The van der Waals surface area contributed by atoms with Crippen LogP contribution in [0.3, 0.4) is 0 Å². The maximum Gasteiger partial charge on any atom is 0.160 e. The summed E-state index contributed by atoms with van der Waals surface area (Å²) in [6.45, 7) is 7.89. The quantitative estimate of drug-likeness (QED) is 0.502. The van der Waals surface area contributed by atoms with Crippen molar-refractivity contribution in [2.45, 2.75) is 33.1 Å². The summed E-state index contributed by atoms with van der Waals surface area (Å²) in [6, 6.07) is 18.4. The van der Waals surface area contributed by atoms with Gasteiger partial charge in [0.1, 0.15) is 0 Å². The first-order chi connectivity index (χ1) is 10.5. The molecule has 2 aromatic carbocycles. The van der Waals surface area contributed by atoms with Gasteiger partial charge in [0.25, 0.3) is 0 Å². The van der Waals surface area contributed by atoms with Crippen LogP contribution in [0.5, 0.6) is 0 Å². The van der Waals surface area contributed by atoms with Gasteiger partial charge < -0.3 is 0 Å². The Labute approximate surface area is 133 Å². The summed E-state index contributed by atoms with van der Waals surface area (Å²) in [6.07, 6.45) is 4.92. The van der Waals surface area contributed by atoms with Crippen molar-refractivity contribution in [3.8, 4) is 0 Å². The van der Waals surface area contributed by atoms with Gasteiger partial charge in [-0.15, -0.1) is 6.58 Å². The molecule has 1 unspecified atom stereocenters. The Kier molecular flexibility index (Phi) is 5.32. The van der Waals surface area contributed by atoms with Crippen LogP contribution in [0.1, 0.15) is 41.8 Å². The lowest BCUT2D eigenvalue weighted by atomic mass is 9.77. The van der Waals surface area contributed by atoms with E-state index in [0.717, 1.165) is 30.4 Å². The molecule has 22 heavy (non-hydrogen) atoms. The lowest BCUT2D eigenvalue weighted by molar-refractivity contribution is 0.101. The SMILES string of the molecule is C=CC(C)(CCc1ccccc1)Cc1ccccc1C(C)=O.